The Morgan fingerprint density at radius 3 is 2.17 bits per heavy atom. The second kappa shape index (κ2) is 12.8. The molecular weight excluding hydrogens is 292 g/mol. The normalized spacial score (nSPS) is 9.87. The van der Waals surface area contributed by atoms with Gasteiger partial charge in [0.15, 0.2) is 0 Å². The number of ether oxygens (including phenoxy) is 2. The lowest BCUT2D eigenvalue weighted by atomic mass is 10.2. The minimum atomic E-state index is -0.417. The van der Waals surface area contributed by atoms with Gasteiger partial charge in [-0.2, -0.15) is 0 Å². The highest BCUT2D eigenvalue weighted by atomic mass is 16.5. The quantitative estimate of drug-likeness (QED) is 0.831. The summed E-state index contributed by atoms with van der Waals surface area (Å²) in [5, 5.41) is 2.65. The molecule has 0 saturated heterocycles. The van der Waals surface area contributed by atoms with Gasteiger partial charge in [-0.15, -0.1) is 0 Å². The third-order valence-electron chi connectivity index (χ3n) is 2.87. The van der Waals surface area contributed by atoms with Gasteiger partial charge in [0.25, 0.3) is 0 Å². The molecule has 0 heterocycles. The van der Waals surface area contributed by atoms with Crippen LogP contribution in [0.4, 0.5) is 10.5 Å². The van der Waals surface area contributed by atoms with E-state index in [1.165, 1.54) is 7.11 Å². The van der Waals surface area contributed by atoms with E-state index in [4.69, 9.17) is 4.74 Å². The first-order chi connectivity index (χ1) is 10.9. The van der Waals surface area contributed by atoms with E-state index in [-0.39, 0.29) is 0 Å². The molecule has 0 aliphatic heterocycles. The van der Waals surface area contributed by atoms with E-state index in [1.54, 1.807) is 7.11 Å². The number of anilines is 1. The lowest BCUT2D eigenvalue weighted by molar-refractivity contribution is 0.170. The van der Waals surface area contributed by atoms with Gasteiger partial charge < -0.3 is 19.7 Å². The van der Waals surface area contributed by atoms with Gasteiger partial charge in [-0.25, -0.2) is 4.79 Å². The van der Waals surface area contributed by atoms with Crippen LogP contribution in [-0.2, 0) is 16.0 Å². The second-order valence-corrected chi connectivity index (χ2v) is 5.82. The van der Waals surface area contributed by atoms with Crippen LogP contribution >= 0.6 is 0 Å². The van der Waals surface area contributed by atoms with Crippen molar-refractivity contribution >= 4 is 11.8 Å². The van der Waals surface area contributed by atoms with E-state index in [1.807, 2.05) is 24.3 Å². The molecular formula is C18H32N2O3. The molecule has 0 radical (unpaired) electrons. The lowest BCUT2D eigenvalue weighted by Gasteiger charge is -2.22. The number of carbonyl (C=O) groups excluding carboxylic acids is 1. The van der Waals surface area contributed by atoms with Crippen LogP contribution < -0.4 is 10.2 Å². The molecule has 0 unspecified atom stereocenters. The summed E-state index contributed by atoms with van der Waals surface area (Å²) in [7, 11) is 3.06. The van der Waals surface area contributed by atoms with Crippen molar-refractivity contribution in [2.45, 2.75) is 34.2 Å². The molecule has 0 atom stereocenters. The Labute approximate surface area is 141 Å². The summed E-state index contributed by atoms with van der Waals surface area (Å²) in [6.45, 7) is 11.6. The van der Waals surface area contributed by atoms with Gasteiger partial charge in [0.1, 0.15) is 0 Å². The molecule has 0 aromatic heterocycles. The van der Waals surface area contributed by atoms with E-state index >= 15 is 0 Å². The zero-order valence-electron chi connectivity index (χ0n) is 15.4. The van der Waals surface area contributed by atoms with Crippen LogP contribution in [-0.4, -0.2) is 40.0 Å². The summed E-state index contributed by atoms with van der Waals surface area (Å²) in [4.78, 5) is 13.2. The topological polar surface area (TPSA) is 50.8 Å². The Bertz CT molecular complexity index is 416. The van der Waals surface area contributed by atoms with Crippen LogP contribution in [0.1, 0.15) is 33.3 Å². The van der Waals surface area contributed by atoms with E-state index in [9.17, 15) is 4.79 Å². The summed E-state index contributed by atoms with van der Waals surface area (Å²) in [5.74, 6) is 0.833. The number of alkyl carbamates (subject to hydrolysis) is 1. The maximum absolute atomic E-state index is 11.0. The average molecular weight is 324 g/mol. The molecule has 1 N–H and O–H groups in total. The Hall–Kier alpha value is -1.75. The number of nitrogens with zero attached hydrogens (tertiary/aromatic N) is 1. The van der Waals surface area contributed by atoms with Crippen molar-refractivity contribution in [3.8, 4) is 0 Å². The van der Waals surface area contributed by atoms with Crippen molar-refractivity contribution in [3.63, 3.8) is 0 Å². The van der Waals surface area contributed by atoms with Crippen molar-refractivity contribution in [3.05, 3.63) is 29.8 Å². The fourth-order valence-electron chi connectivity index (χ4n) is 1.74. The van der Waals surface area contributed by atoms with Crippen molar-refractivity contribution in [1.82, 2.24) is 5.32 Å². The average Bonchev–Trinajstić information content (AvgIpc) is 2.53. The first-order valence-corrected chi connectivity index (χ1v) is 8.09. The molecule has 1 amide bonds. The van der Waals surface area contributed by atoms with Crippen molar-refractivity contribution < 1.29 is 14.3 Å². The number of rotatable bonds is 7. The van der Waals surface area contributed by atoms with Gasteiger partial charge in [-0.1, -0.05) is 32.9 Å². The minimum Gasteiger partial charge on any atom is -0.453 e. The molecule has 5 nitrogen and oxygen atoms in total. The SMILES string of the molecule is CC(C)C.CCN(CCOC)c1ccc(CNC(=O)OC)cc1. The molecule has 132 valence electrons. The van der Waals surface area contributed by atoms with Gasteiger partial charge in [0, 0.05) is 32.4 Å². The van der Waals surface area contributed by atoms with Crippen LogP contribution in [0.3, 0.4) is 0 Å². The molecule has 5 heteroatoms. The van der Waals surface area contributed by atoms with Crippen molar-refractivity contribution in [2.24, 2.45) is 5.92 Å². The molecule has 0 spiro atoms. The van der Waals surface area contributed by atoms with E-state index in [0.29, 0.717) is 13.2 Å². The standard InChI is InChI=1S/C14H22N2O3.C4H10/c1-4-16(9-10-18-2)13-7-5-12(6-8-13)11-15-14(17)19-3;1-4(2)3/h5-8H,4,9-11H2,1-3H3,(H,15,17);4H,1-3H3. The van der Waals surface area contributed by atoms with Crippen LogP contribution in [0.2, 0.25) is 0 Å². The number of amides is 1. The monoisotopic (exact) mass is 324 g/mol. The fraction of sp³-hybridized carbons (Fsp3) is 0.611. The number of nitrogens with one attached hydrogen (secondary N) is 1. The predicted molar refractivity (Wildman–Crippen MR) is 96.0 cm³/mol. The summed E-state index contributed by atoms with van der Waals surface area (Å²) >= 11 is 0. The largest absolute Gasteiger partial charge is 0.453 e. The molecule has 0 saturated carbocycles. The van der Waals surface area contributed by atoms with Crippen molar-refractivity contribution in [1.29, 1.82) is 0 Å². The zero-order chi connectivity index (χ0) is 17.7. The molecule has 0 aliphatic carbocycles. The Kier molecular flexibility index (Phi) is 11.8. The fourth-order valence-corrected chi connectivity index (χ4v) is 1.74. The third kappa shape index (κ3) is 10.6. The van der Waals surface area contributed by atoms with E-state index in [2.05, 4.69) is 42.6 Å². The highest BCUT2D eigenvalue weighted by molar-refractivity contribution is 5.66. The molecule has 1 aromatic carbocycles. The van der Waals surface area contributed by atoms with Crippen LogP contribution in [0.25, 0.3) is 0 Å². The lowest BCUT2D eigenvalue weighted by Crippen LogP contribution is -2.26. The highest BCUT2D eigenvalue weighted by Gasteiger charge is 2.04. The van der Waals surface area contributed by atoms with Gasteiger partial charge in [-0.05, 0) is 30.5 Å². The Balaban J connectivity index is 0.00000108. The molecule has 0 aliphatic rings. The molecule has 1 rings (SSSR count). The van der Waals surface area contributed by atoms with Gasteiger partial charge in [0.05, 0.1) is 13.7 Å². The maximum atomic E-state index is 11.0. The van der Waals surface area contributed by atoms with E-state index in [0.717, 1.165) is 30.3 Å². The zero-order valence-corrected chi connectivity index (χ0v) is 15.4. The smallest absolute Gasteiger partial charge is 0.407 e. The maximum Gasteiger partial charge on any atom is 0.407 e. The van der Waals surface area contributed by atoms with Crippen LogP contribution in [0.5, 0.6) is 0 Å². The summed E-state index contributed by atoms with van der Waals surface area (Å²) in [5.41, 5.74) is 2.19. The Morgan fingerprint density at radius 1 is 1.17 bits per heavy atom. The first kappa shape index (κ1) is 21.2. The van der Waals surface area contributed by atoms with Gasteiger partial charge in [0.2, 0.25) is 0 Å². The van der Waals surface area contributed by atoms with Crippen LogP contribution in [0, 0.1) is 5.92 Å². The third-order valence-corrected chi connectivity index (χ3v) is 2.87. The summed E-state index contributed by atoms with van der Waals surface area (Å²) in [6, 6.07) is 8.10. The summed E-state index contributed by atoms with van der Waals surface area (Å²) < 4.78 is 9.62. The molecule has 23 heavy (non-hydrogen) atoms. The molecule has 1 aromatic rings. The number of hydrogen-bond acceptors (Lipinski definition) is 4. The second-order valence-electron chi connectivity index (χ2n) is 5.82. The van der Waals surface area contributed by atoms with E-state index < -0.39 is 6.09 Å². The van der Waals surface area contributed by atoms with Gasteiger partial charge >= 0.3 is 6.09 Å². The predicted octanol–water partition coefficient (Wildman–Crippen LogP) is 3.68. The highest BCUT2D eigenvalue weighted by Crippen LogP contribution is 2.15. The number of methoxy groups -OCH3 is 2. The minimum absolute atomic E-state index is 0.417. The summed E-state index contributed by atoms with van der Waals surface area (Å²) in [6.07, 6.45) is -0.417. The number of likely N-dealkylation sites (N-methyl/N-ethyl adjacent to an activating group) is 1. The first-order valence-electron chi connectivity index (χ1n) is 8.09. The van der Waals surface area contributed by atoms with Crippen LogP contribution in [0.15, 0.2) is 24.3 Å². The molecule has 0 bridgehead atoms. The Morgan fingerprint density at radius 2 is 1.74 bits per heavy atom. The number of benzene rings is 1. The van der Waals surface area contributed by atoms with Gasteiger partial charge in [-0.3, -0.25) is 0 Å². The number of carbonyl (C=O) groups is 1. The number of hydrogen-bond donors (Lipinski definition) is 1. The van der Waals surface area contributed by atoms with Crippen molar-refractivity contribution in [2.75, 3.05) is 38.8 Å². The molecule has 0 fully saturated rings.